The minimum Gasteiger partial charge on any atom is -0.495 e. The number of nitrogens with zero attached hydrogens (tertiary/aromatic N) is 1. The van der Waals surface area contributed by atoms with E-state index in [1.165, 1.54) is 7.11 Å². The van der Waals surface area contributed by atoms with Gasteiger partial charge < -0.3 is 19.1 Å². The standard InChI is InChI=1S/C18H19Cl2NO4/c1-23-15-7-5-13(9-14(15)20)21(18(22)10-19)11-12-4-6-16(24-2)17(8-12)25-3/h4-9H,10-11H2,1-3H3. The zero-order valence-corrected chi connectivity index (χ0v) is 15.7. The van der Waals surface area contributed by atoms with Gasteiger partial charge in [-0.3, -0.25) is 4.79 Å². The second-order valence-corrected chi connectivity index (χ2v) is 5.80. The quantitative estimate of drug-likeness (QED) is 0.674. The van der Waals surface area contributed by atoms with Crippen LogP contribution in [0, 0.1) is 0 Å². The van der Waals surface area contributed by atoms with Crippen LogP contribution in [0.5, 0.6) is 17.2 Å². The first-order valence-corrected chi connectivity index (χ1v) is 8.36. The predicted octanol–water partition coefficient (Wildman–Crippen LogP) is 4.14. The molecule has 1 amide bonds. The molecular weight excluding hydrogens is 365 g/mol. The maximum atomic E-state index is 12.3. The number of ether oxygens (including phenoxy) is 3. The van der Waals surface area contributed by atoms with Gasteiger partial charge in [0.25, 0.3) is 0 Å². The smallest absolute Gasteiger partial charge is 0.242 e. The molecule has 25 heavy (non-hydrogen) atoms. The van der Waals surface area contributed by atoms with Gasteiger partial charge in [-0.15, -0.1) is 11.6 Å². The third-order valence-electron chi connectivity index (χ3n) is 3.65. The maximum Gasteiger partial charge on any atom is 0.242 e. The molecule has 7 heteroatoms. The summed E-state index contributed by atoms with van der Waals surface area (Å²) < 4.78 is 15.7. The minimum atomic E-state index is -0.238. The largest absolute Gasteiger partial charge is 0.495 e. The highest BCUT2D eigenvalue weighted by Crippen LogP contribution is 2.32. The van der Waals surface area contributed by atoms with E-state index in [1.54, 1.807) is 43.4 Å². The van der Waals surface area contributed by atoms with E-state index in [0.29, 0.717) is 34.5 Å². The Balaban J connectivity index is 2.36. The molecule has 0 aliphatic carbocycles. The Morgan fingerprint density at radius 2 is 1.60 bits per heavy atom. The van der Waals surface area contributed by atoms with E-state index in [9.17, 15) is 4.79 Å². The van der Waals surface area contributed by atoms with Crippen LogP contribution in [0.1, 0.15) is 5.56 Å². The monoisotopic (exact) mass is 383 g/mol. The maximum absolute atomic E-state index is 12.3. The van der Waals surface area contributed by atoms with Crippen molar-refractivity contribution in [2.75, 3.05) is 32.1 Å². The van der Waals surface area contributed by atoms with Crippen molar-refractivity contribution in [3.8, 4) is 17.2 Å². The van der Waals surface area contributed by atoms with Crippen molar-refractivity contribution in [2.24, 2.45) is 0 Å². The number of halogens is 2. The first-order chi connectivity index (χ1) is 12.0. The summed E-state index contributed by atoms with van der Waals surface area (Å²) in [6, 6.07) is 10.6. The summed E-state index contributed by atoms with van der Waals surface area (Å²) in [6.45, 7) is 0.314. The Bertz CT molecular complexity index is 752. The van der Waals surface area contributed by atoms with Crippen molar-refractivity contribution in [3.05, 3.63) is 47.0 Å². The van der Waals surface area contributed by atoms with Crippen LogP contribution in [0.2, 0.25) is 5.02 Å². The van der Waals surface area contributed by atoms with Crippen LogP contribution in [-0.2, 0) is 11.3 Å². The predicted molar refractivity (Wildman–Crippen MR) is 99.5 cm³/mol. The first-order valence-electron chi connectivity index (χ1n) is 7.44. The van der Waals surface area contributed by atoms with Crippen LogP contribution in [0.3, 0.4) is 0 Å². The van der Waals surface area contributed by atoms with Gasteiger partial charge in [0.2, 0.25) is 5.91 Å². The van der Waals surface area contributed by atoms with Gasteiger partial charge in [0.05, 0.1) is 32.9 Å². The lowest BCUT2D eigenvalue weighted by Gasteiger charge is -2.23. The summed E-state index contributed by atoms with van der Waals surface area (Å²) in [4.78, 5) is 13.9. The molecule has 2 rings (SSSR count). The molecule has 0 unspecified atom stereocenters. The van der Waals surface area contributed by atoms with Crippen LogP contribution < -0.4 is 19.1 Å². The van der Waals surface area contributed by atoms with Crippen molar-refractivity contribution in [1.82, 2.24) is 0 Å². The molecule has 0 aliphatic heterocycles. The van der Waals surface area contributed by atoms with Gasteiger partial charge in [0.15, 0.2) is 11.5 Å². The van der Waals surface area contributed by atoms with Gasteiger partial charge in [-0.25, -0.2) is 0 Å². The Kier molecular flexibility index (Phi) is 6.79. The number of benzene rings is 2. The number of anilines is 1. The first kappa shape index (κ1) is 19.2. The number of carbonyl (C=O) groups is 1. The molecule has 0 fully saturated rings. The molecule has 0 bridgehead atoms. The second kappa shape index (κ2) is 8.83. The third kappa shape index (κ3) is 4.50. The van der Waals surface area contributed by atoms with Crippen LogP contribution in [0.25, 0.3) is 0 Å². The summed E-state index contributed by atoms with van der Waals surface area (Å²) in [5.41, 5.74) is 1.49. The Labute approximate surface area is 157 Å². The SMILES string of the molecule is COc1ccc(N(Cc2ccc(OC)c(OC)c2)C(=O)CCl)cc1Cl. The van der Waals surface area contributed by atoms with Gasteiger partial charge in [-0.2, -0.15) is 0 Å². The van der Waals surface area contributed by atoms with E-state index in [1.807, 2.05) is 12.1 Å². The van der Waals surface area contributed by atoms with Crippen molar-refractivity contribution < 1.29 is 19.0 Å². The lowest BCUT2D eigenvalue weighted by atomic mass is 10.1. The van der Waals surface area contributed by atoms with E-state index in [0.717, 1.165) is 5.56 Å². The fourth-order valence-corrected chi connectivity index (χ4v) is 2.78. The molecule has 5 nitrogen and oxygen atoms in total. The molecular formula is C18H19Cl2NO4. The Morgan fingerprint density at radius 1 is 0.960 bits per heavy atom. The van der Waals surface area contributed by atoms with Gasteiger partial charge in [-0.1, -0.05) is 17.7 Å². The highest BCUT2D eigenvalue weighted by atomic mass is 35.5. The van der Waals surface area contributed by atoms with E-state index >= 15 is 0 Å². The van der Waals surface area contributed by atoms with E-state index in [-0.39, 0.29) is 11.8 Å². The van der Waals surface area contributed by atoms with Crippen LogP contribution >= 0.6 is 23.2 Å². The number of hydrogen-bond donors (Lipinski definition) is 0. The molecule has 2 aromatic rings. The fraction of sp³-hybridized carbons (Fsp3) is 0.278. The molecule has 0 N–H and O–H groups in total. The van der Waals surface area contributed by atoms with Crippen LogP contribution in [0.4, 0.5) is 5.69 Å². The third-order valence-corrected chi connectivity index (χ3v) is 4.18. The highest BCUT2D eigenvalue weighted by molar-refractivity contribution is 6.32. The van der Waals surface area contributed by atoms with Gasteiger partial charge in [0, 0.05) is 5.69 Å². The lowest BCUT2D eigenvalue weighted by molar-refractivity contribution is -0.116. The second-order valence-electron chi connectivity index (χ2n) is 5.12. The number of amides is 1. The average Bonchev–Trinajstić information content (AvgIpc) is 2.65. The summed E-state index contributed by atoms with van der Waals surface area (Å²) in [7, 11) is 4.67. The number of methoxy groups -OCH3 is 3. The molecule has 0 aliphatic rings. The van der Waals surface area contributed by atoms with Crippen molar-refractivity contribution in [1.29, 1.82) is 0 Å². The summed E-state index contributed by atoms with van der Waals surface area (Å²) in [5, 5.41) is 0.416. The van der Waals surface area contributed by atoms with Crippen molar-refractivity contribution >= 4 is 34.8 Å². The van der Waals surface area contributed by atoms with E-state index < -0.39 is 0 Å². The number of rotatable bonds is 7. The normalized spacial score (nSPS) is 10.3. The number of alkyl halides is 1. The molecule has 0 radical (unpaired) electrons. The summed E-state index contributed by atoms with van der Waals surface area (Å²) in [5.74, 6) is 1.37. The molecule has 0 aromatic heterocycles. The highest BCUT2D eigenvalue weighted by Gasteiger charge is 2.18. The Hall–Kier alpha value is -2.11. The zero-order valence-electron chi connectivity index (χ0n) is 14.2. The fourth-order valence-electron chi connectivity index (χ4n) is 2.38. The van der Waals surface area contributed by atoms with Crippen molar-refractivity contribution in [2.45, 2.75) is 6.54 Å². The number of carbonyl (C=O) groups excluding carboxylic acids is 1. The van der Waals surface area contributed by atoms with Gasteiger partial charge in [0.1, 0.15) is 11.6 Å². The van der Waals surface area contributed by atoms with E-state index in [4.69, 9.17) is 37.4 Å². The number of hydrogen-bond acceptors (Lipinski definition) is 4. The van der Waals surface area contributed by atoms with E-state index in [2.05, 4.69) is 0 Å². The van der Waals surface area contributed by atoms with Crippen LogP contribution in [-0.4, -0.2) is 33.1 Å². The van der Waals surface area contributed by atoms with Crippen LogP contribution in [0.15, 0.2) is 36.4 Å². The zero-order chi connectivity index (χ0) is 18.4. The Morgan fingerprint density at radius 3 is 2.16 bits per heavy atom. The molecule has 0 heterocycles. The molecule has 0 spiro atoms. The minimum absolute atomic E-state index is 0.142. The molecule has 134 valence electrons. The summed E-state index contributed by atoms with van der Waals surface area (Å²) >= 11 is 12.0. The molecule has 2 aromatic carbocycles. The summed E-state index contributed by atoms with van der Waals surface area (Å²) in [6.07, 6.45) is 0. The topological polar surface area (TPSA) is 48.0 Å². The average molecular weight is 384 g/mol. The molecule has 0 atom stereocenters. The molecule has 0 saturated heterocycles. The van der Waals surface area contributed by atoms with Gasteiger partial charge >= 0.3 is 0 Å². The molecule has 0 saturated carbocycles. The van der Waals surface area contributed by atoms with Crippen molar-refractivity contribution in [3.63, 3.8) is 0 Å². The lowest BCUT2D eigenvalue weighted by Crippen LogP contribution is -2.31. The van der Waals surface area contributed by atoms with Gasteiger partial charge in [-0.05, 0) is 35.9 Å².